The van der Waals surface area contributed by atoms with Crippen molar-refractivity contribution in [1.82, 2.24) is 0 Å². The highest BCUT2D eigenvalue weighted by Gasteiger charge is 2.13. The Bertz CT molecular complexity index is 395. The molecule has 1 aromatic rings. The van der Waals surface area contributed by atoms with Crippen molar-refractivity contribution in [2.45, 2.75) is 6.42 Å². The summed E-state index contributed by atoms with van der Waals surface area (Å²) >= 11 is -2.33. The average molecular weight is 247 g/mol. The van der Waals surface area contributed by atoms with Crippen LogP contribution in [0.3, 0.4) is 0 Å². The van der Waals surface area contributed by atoms with Crippen molar-refractivity contribution < 1.29 is 23.1 Å². The van der Waals surface area contributed by atoms with E-state index in [-0.39, 0.29) is 13.0 Å². The number of carboxylic acid groups (broad SMARTS) is 1. The van der Waals surface area contributed by atoms with Crippen LogP contribution in [0.15, 0.2) is 24.3 Å². The highest BCUT2D eigenvalue weighted by atomic mass is 32.2. The van der Waals surface area contributed by atoms with Crippen molar-refractivity contribution in [3.05, 3.63) is 30.1 Å². The average Bonchev–Trinajstić information content (AvgIpc) is 2.20. The molecule has 0 spiro atoms. The van der Waals surface area contributed by atoms with Crippen LogP contribution >= 0.6 is 0 Å². The summed E-state index contributed by atoms with van der Waals surface area (Å²) in [5.74, 6) is -1.54. The minimum absolute atomic E-state index is 0.121. The summed E-state index contributed by atoms with van der Waals surface area (Å²) in [7, 11) is 0. The van der Waals surface area contributed by atoms with Gasteiger partial charge in [0.05, 0.1) is 12.1 Å². The molecule has 0 aliphatic heterocycles. The number of nitrogens with zero attached hydrogens (tertiary/aromatic N) is 1. The molecule has 0 saturated heterocycles. The Morgan fingerprint density at radius 3 is 2.38 bits per heavy atom. The SMILES string of the molecule is O=C(O)CCN(c1ccc(F)cc1)S(=O)O. The summed E-state index contributed by atoms with van der Waals surface area (Å²) < 4.78 is 33.5. The van der Waals surface area contributed by atoms with Gasteiger partial charge < -0.3 is 5.11 Å². The van der Waals surface area contributed by atoms with Gasteiger partial charge in [-0.05, 0) is 24.3 Å². The van der Waals surface area contributed by atoms with E-state index in [4.69, 9.17) is 9.66 Å². The molecule has 1 rings (SSSR count). The second-order valence-corrected chi connectivity index (χ2v) is 3.86. The molecular weight excluding hydrogens is 237 g/mol. The number of aliphatic carboxylic acids is 1. The van der Waals surface area contributed by atoms with Crippen LogP contribution in [0.25, 0.3) is 0 Å². The number of hydrogen-bond donors (Lipinski definition) is 2. The van der Waals surface area contributed by atoms with Gasteiger partial charge in [-0.2, -0.15) is 0 Å². The lowest BCUT2D eigenvalue weighted by Crippen LogP contribution is -2.27. The molecule has 0 fully saturated rings. The van der Waals surface area contributed by atoms with Gasteiger partial charge >= 0.3 is 5.97 Å². The Morgan fingerprint density at radius 2 is 1.94 bits per heavy atom. The van der Waals surface area contributed by atoms with Crippen molar-refractivity contribution in [1.29, 1.82) is 0 Å². The van der Waals surface area contributed by atoms with Crippen molar-refractivity contribution in [2.75, 3.05) is 10.8 Å². The topological polar surface area (TPSA) is 77.8 Å². The van der Waals surface area contributed by atoms with Gasteiger partial charge in [0, 0.05) is 6.54 Å². The van der Waals surface area contributed by atoms with Crippen LogP contribution in [0.4, 0.5) is 10.1 Å². The molecule has 1 unspecified atom stereocenters. The van der Waals surface area contributed by atoms with Crippen LogP contribution in [0.1, 0.15) is 6.42 Å². The third-order valence-corrected chi connectivity index (χ3v) is 2.60. The molecule has 7 heteroatoms. The maximum absolute atomic E-state index is 12.6. The Morgan fingerprint density at radius 1 is 1.38 bits per heavy atom. The van der Waals surface area contributed by atoms with E-state index in [0.29, 0.717) is 5.69 Å². The molecule has 5 nitrogen and oxygen atoms in total. The minimum atomic E-state index is -2.33. The Labute approximate surface area is 93.9 Å². The fourth-order valence-electron chi connectivity index (χ4n) is 1.10. The first-order valence-electron chi connectivity index (χ1n) is 4.36. The molecule has 0 amide bonds. The molecule has 0 saturated carbocycles. The summed E-state index contributed by atoms with van der Waals surface area (Å²) in [5.41, 5.74) is 0.295. The van der Waals surface area contributed by atoms with E-state index in [1.54, 1.807) is 0 Å². The number of benzene rings is 1. The number of carbonyl (C=O) groups is 1. The Kier molecular flexibility index (Phi) is 4.39. The predicted octanol–water partition coefficient (Wildman–Crippen LogP) is 1.24. The fraction of sp³-hybridized carbons (Fsp3) is 0.222. The molecule has 88 valence electrons. The van der Waals surface area contributed by atoms with Crippen LogP contribution in [0, 0.1) is 5.82 Å². The Balaban J connectivity index is 2.81. The molecule has 0 aliphatic rings. The van der Waals surface area contributed by atoms with Gasteiger partial charge in [-0.1, -0.05) is 0 Å². The first kappa shape index (κ1) is 12.6. The second-order valence-electron chi connectivity index (χ2n) is 2.95. The van der Waals surface area contributed by atoms with Crippen molar-refractivity contribution >= 4 is 22.9 Å². The van der Waals surface area contributed by atoms with Crippen molar-refractivity contribution in [3.8, 4) is 0 Å². The quantitative estimate of drug-likeness (QED) is 0.767. The van der Waals surface area contributed by atoms with Crippen LogP contribution in [0.2, 0.25) is 0 Å². The van der Waals surface area contributed by atoms with E-state index in [2.05, 4.69) is 0 Å². The van der Waals surface area contributed by atoms with Gasteiger partial charge in [0.15, 0.2) is 0 Å². The third kappa shape index (κ3) is 3.59. The van der Waals surface area contributed by atoms with Gasteiger partial charge in [-0.15, -0.1) is 0 Å². The number of hydrogen-bond acceptors (Lipinski definition) is 2. The molecule has 0 aliphatic carbocycles. The highest BCUT2D eigenvalue weighted by molar-refractivity contribution is 7.80. The lowest BCUT2D eigenvalue weighted by Gasteiger charge is -2.18. The van der Waals surface area contributed by atoms with Gasteiger partial charge in [-0.25, -0.2) is 8.60 Å². The first-order valence-corrected chi connectivity index (χ1v) is 5.43. The third-order valence-electron chi connectivity index (χ3n) is 1.83. The van der Waals surface area contributed by atoms with E-state index in [1.807, 2.05) is 0 Å². The summed E-state index contributed by atoms with van der Waals surface area (Å²) in [6.07, 6.45) is -0.274. The van der Waals surface area contributed by atoms with Gasteiger partial charge in [0.1, 0.15) is 5.82 Å². The number of rotatable bonds is 5. The molecule has 2 N–H and O–H groups in total. The van der Waals surface area contributed by atoms with Crippen LogP contribution in [-0.4, -0.2) is 26.4 Å². The standard InChI is InChI=1S/C9H10FNO4S/c10-7-1-3-8(4-2-7)11(16(14)15)6-5-9(12)13/h1-4H,5-6H2,(H,12,13)(H,14,15). The van der Waals surface area contributed by atoms with E-state index < -0.39 is 23.1 Å². The van der Waals surface area contributed by atoms with Crippen LogP contribution in [0.5, 0.6) is 0 Å². The summed E-state index contributed by atoms with van der Waals surface area (Å²) in [5, 5.41) is 8.47. The number of anilines is 1. The summed E-state index contributed by atoms with van der Waals surface area (Å²) in [6, 6.07) is 4.89. The molecule has 1 atom stereocenters. The largest absolute Gasteiger partial charge is 0.481 e. The van der Waals surface area contributed by atoms with Crippen LogP contribution < -0.4 is 4.31 Å². The maximum atomic E-state index is 12.6. The second kappa shape index (κ2) is 5.57. The maximum Gasteiger partial charge on any atom is 0.305 e. The monoisotopic (exact) mass is 247 g/mol. The highest BCUT2D eigenvalue weighted by Crippen LogP contribution is 2.16. The minimum Gasteiger partial charge on any atom is -0.481 e. The molecule has 0 bridgehead atoms. The lowest BCUT2D eigenvalue weighted by atomic mass is 10.3. The van der Waals surface area contributed by atoms with E-state index in [1.165, 1.54) is 12.1 Å². The normalized spacial score (nSPS) is 12.1. The number of carboxylic acids is 1. The smallest absolute Gasteiger partial charge is 0.305 e. The van der Waals surface area contributed by atoms with Gasteiger partial charge in [0.25, 0.3) is 11.3 Å². The van der Waals surface area contributed by atoms with Gasteiger partial charge in [-0.3, -0.25) is 13.7 Å². The van der Waals surface area contributed by atoms with Crippen LogP contribution in [-0.2, 0) is 16.1 Å². The molecule has 1 aromatic carbocycles. The zero-order valence-corrected chi connectivity index (χ0v) is 8.98. The first-order chi connectivity index (χ1) is 7.50. The number of halogens is 1. The predicted molar refractivity (Wildman–Crippen MR) is 56.8 cm³/mol. The summed E-state index contributed by atoms with van der Waals surface area (Å²) in [6.45, 7) is -0.121. The lowest BCUT2D eigenvalue weighted by molar-refractivity contribution is -0.136. The summed E-state index contributed by atoms with van der Waals surface area (Å²) in [4.78, 5) is 10.3. The molecule has 0 heterocycles. The van der Waals surface area contributed by atoms with Crippen molar-refractivity contribution in [2.24, 2.45) is 0 Å². The van der Waals surface area contributed by atoms with Crippen molar-refractivity contribution in [3.63, 3.8) is 0 Å². The Hall–Kier alpha value is -1.47. The van der Waals surface area contributed by atoms with E-state index in [9.17, 15) is 13.4 Å². The molecular formula is C9H10FNO4S. The molecule has 0 radical (unpaired) electrons. The van der Waals surface area contributed by atoms with E-state index in [0.717, 1.165) is 16.4 Å². The zero-order chi connectivity index (χ0) is 12.1. The van der Waals surface area contributed by atoms with E-state index >= 15 is 0 Å². The zero-order valence-electron chi connectivity index (χ0n) is 8.17. The van der Waals surface area contributed by atoms with Gasteiger partial charge in [0.2, 0.25) is 0 Å². The molecule has 16 heavy (non-hydrogen) atoms. The fourth-order valence-corrected chi connectivity index (χ4v) is 1.65. The molecule has 0 aromatic heterocycles.